The number of nitrogens with two attached hydrogens (primary N) is 1. The van der Waals surface area contributed by atoms with Gasteiger partial charge < -0.3 is 50.3 Å². The van der Waals surface area contributed by atoms with Gasteiger partial charge in [0, 0.05) is 133 Å². The molecule has 0 aromatic heterocycles. The van der Waals surface area contributed by atoms with Crippen LogP contribution in [0.2, 0.25) is 0 Å². The fourth-order valence-electron chi connectivity index (χ4n) is 13.3. The minimum atomic E-state index is -1.36. The first-order valence-electron chi connectivity index (χ1n) is 30.1. The van der Waals surface area contributed by atoms with E-state index in [2.05, 4.69) is 79.4 Å². The van der Waals surface area contributed by atoms with Gasteiger partial charge in [-0.15, -0.1) is 0 Å². The highest BCUT2D eigenvalue weighted by molar-refractivity contribution is 8.00. The Balaban J connectivity index is 0.515. The number of benzene rings is 3. The number of aromatic hydroxyl groups is 2. The van der Waals surface area contributed by atoms with E-state index in [4.69, 9.17) is 19.5 Å². The summed E-state index contributed by atoms with van der Waals surface area (Å²) in [5.74, 6) is 12.9. The van der Waals surface area contributed by atoms with Crippen LogP contribution in [0.3, 0.4) is 0 Å². The van der Waals surface area contributed by atoms with Gasteiger partial charge in [-0.3, -0.25) is 15.2 Å². The van der Waals surface area contributed by atoms with E-state index in [-0.39, 0.29) is 30.0 Å². The number of aliphatic imine (C=N–C) groups is 2. The molecule has 444 valence electrons. The van der Waals surface area contributed by atoms with E-state index < -0.39 is 11.6 Å². The van der Waals surface area contributed by atoms with Crippen LogP contribution in [0.25, 0.3) is 0 Å². The van der Waals surface area contributed by atoms with Gasteiger partial charge in [0.05, 0.1) is 73.8 Å². The smallest absolute Gasteiger partial charge is 0.441 e. The van der Waals surface area contributed by atoms with E-state index in [9.17, 15) is 25.2 Å². The highest BCUT2D eigenvalue weighted by atomic mass is 32.2. The van der Waals surface area contributed by atoms with Crippen LogP contribution in [0.15, 0.2) is 64.6 Å². The summed E-state index contributed by atoms with van der Waals surface area (Å²) in [5, 5.41) is 62.7. The van der Waals surface area contributed by atoms with Crippen molar-refractivity contribution in [3.8, 4) is 23.0 Å². The van der Waals surface area contributed by atoms with Crippen molar-refractivity contribution in [2.24, 2.45) is 9.98 Å². The first-order valence-corrected chi connectivity index (χ1v) is 34.7. The van der Waals surface area contributed by atoms with E-state index >= 15 is 0 Å². The van der Waals surface area contributed by atoms with E-state index in [1.807, 2.05) is 23.5 Å². The SMILES string of the molecule is O=C1OC2(c3ccc(O)cc3Oc3cc(O)ccc32)c2ccc(C(O)=[NH+]CCSC[C@H]3CC[N+]4=C(N3)N[C@@H](CSC[C@H]3CCN5CC[C@H](CSC[C@H]6CCN7CC[C@H](CSC[C@H]8CC[N+]9=C(N[C@@H](CO)CC9)[NH2+]8)NC7=N6)NC5=N3)CC4)cc21. The number of aliphatic hydroxyl groups excluding tert-OH is 2. The van der Waals surface area contributed by atoms with Crippen LogP contribution < -0.4 is 41.6 Å². The highest BCUT2D eigenvalue weighted by Crippen LogP contribution is 2.57. The van der Waals surface area contributed by atoms with Gasteiger partial charge in [-0.25, -0.2) is 35.0 Å². The number of guanidine groups is 4. The third-order valence-electron chi connectivity index (χ3n) is 18.0. The summed E-state index contributed by atoms with van der Waals surface area (Å²) in [5.41, 5.74) is 1.11. The second-order valence-corrected chi connectivity index (χ2v) is 28.2. The maximum Gasteiger partial charge on any atom is 0.441 e. The number of rotatable bonds is 19. The van der Waals surface area contributed by atoms with Gasteiger partial charge in [-0.2, -0.15) is 47.0 Å². The van der Waals surface area contributed by atoms with Crippen molar-refractivity contribution in [3.63, 3.8) is 0 Å². The fourth-order valence-corrected chi connectivity index (χ4v) is 17.9. The zero-order valence-electron chi connectivity index (χ0n) is 47.1. The Morgan fingerprint density at radius 2 is 1.19 bits per heavy atom. The van der Waals surface area contributed by atoms with Gasteiger partial charge in [-0.1, -0.05) is 6.07 Å². The Morgan fingerprint density at radius 1 is 0.639 bits per heavy atom. The summed E-state index contributed by atoms with van der Waals surface area (Å²) in [6.45, 7) is 9.35. The van der Waals surface area contributed by atoms with Crippen molar-refractivity contribution >= 4 is 82.8 Å². The highest BCUT2D eigenvalue weighted by Gasteiger charge is 2.54. The molecule has 3 aromatic carbocycles. The Labute approximate surface area is 502 Å². The van der Waals surface area contributed by atoms with Crippen LogP contribution in [0, 0.1) is 0 Å². The molecule has 2 fully saturated rings. The van der Waals surface area contributed by atoms with Gasteiger partial charge >= 0.3 is 23.8 Å². The fraction of sp³-hybridized carbons (Fsp3) is 0.593. The number of carbonyl (C=O) groups is 1. The number of nitrogens with one attached hydrogen (secondary N) is 6. The molecule has 83 heavy (non-hydrogen) atoms. The van der Waals surface area contributed by atoms with Crippen LogP contribution in [0.1, 0.15) is 84.0 Å². The van der Waals surface area contributed by atoms with Crippen molar-refractivity contribution in [2.75, 3.05) is 112 Å². The number of esters is 1. The molecule has 20 nitrogen and oxygen atoms in total. The monoisotopic (exact) mass is 1210 g/mol. The summed E-state index contributed by atoms with van der Waals surface area (Å²) in [6.07, 6.45) is 9.00. The number of ether oxygens (including phenoxy) is 2. The second-order valence-electron chi connectivity index (χ2n) is 23.8. The van der Waals surface area contributed by atoms with Crippen molar-refractivity contribution in [3.05, 3.63) is 82.4 Å². The molecule has 13 rings (SSSR count). The zero-order chi connectivity index (χ0) is 56.4. The first-order chi connectivity index (χ1) is 40.6. The molecule has 10 aliphatic heterocycles. The Morgan fingerprint density at radius 3 is 1.83 bits per heavy atom. The molecule has 3 aromatic rings. The molecule has 0 radical (unpaired) electrons. The lowest BCUT2D eigenvalue weighted by Crippen LogP contribution is -3.00. The number of hydrogen-bond donors (Lipinski definition) is 11. The number of fused-ring (bicyclic) bond motifs is 8. The summed E-state index contributed by atoms with van der Waals surface area (Å²) >= 11 is 8.01. The van der Waals surface area contributed by atoms with E-state index in [1.165, 1.54) is 43.1 Å². The predicted octanol–water partition coefficient (Wildman–Crippen LogP) is 0.719. The Bertz CT molecular complexity index is 3020. The molecule has 0 amide bonds. The quantitative estimate of drug-likeness (QED) is 0.0261. The van der Waals surface area contributed by atoms with Gasteiger partial charge in [0.1, 0.15) is 35.1 Å². The van der Waals surface area contributed by atoms with Crippen molar-refractivity contribution in [2.45, 2.75) is 105 Å². The Hall–Kier alpha value is -5.40. The average molecular weight is 1210 g/mol. The molecule has 12 N–H and O–H groups in total. The van der Waals surface area contributed by atoms with Gasteiger partial charge in [-0.05, 0) is 62.1 Å². The maximum atomic E-state index is 13.6. The third-order valence-corrected chi connectivity index (χ3v) is 22.9. The van der Waals surface area contributed by atoms with Crippen LogP contribution in [-0.2, 0) is 10.3 Å². The minimum absolute atomic E-state index is 0.00576. The van der Waals surface area contributed by atoms with Gasteiger partial charge in [0.15, 0.2) is 24.1 Å². The number of quaternary nitrogens is 1. The molecule has 0 saturated carbocycles. The molecule has 10 heterocycles. The molecule has 8 atom stereocenters. The lowest BCUT2D eigenvalue weighted by molar-refractivity contribution is -0.691. The number of carbonyl (C=O) groups excluding carboxylic acids is 1. The lowest BCUT2D eigenvalue weighted by Gasteiger charge is -2.40. The standard InChI is InChI=1S/C59H77N13O7S4/c73-28-37-7-16-69-18-9-39(63-55(69)61-37)30-81-32-41-11-20-71-22-13-43(67-57(71)65-41)34-83-35-44-14-23-72-21-12-42(66-58(72)68-44)33-82-31-40-10-19-70-17-8-38(62-56(70)64-40)29-80-24-15-60-53(76)36-1-4-48-47(25-36)54(77)79-59(48)49-5-2-45(74)26-51(49)78-52-27-46(75)3-6-50(52)59/h1-6,25-27,37-44,73H,7-24,28-35H2,(H7,60,61,62,63,64,65,66,67,68,74,75,76)/p+4/t37-,38-,39-,40-,41-,42-,43-,44-/m1/s1. The van der Waals surface area contributed by atoms with Crippen molar-refractivity contribution < 1.29 is 54.2 Å². The summed E-state index contributed by atoms with van der Waals surface area (Å²) in [4.78, 5) is 32.3. The normalized spacial score (nSPS) is 27.7. The third kappa shape index (κ3) is 12.5. The van der Waals surface area contributed by atoms with Gasteiger partial charge in [0.2, 0.25) is 0 Å². The topological polar surface area (TPSA) is 244 Å². The zero-order valence-corrected chi connectivity index (χ0v) is 50.4. The maximum absolute atomic E-state index is 13.6. The molecule has 1 spiro atoms. The van der Waals surface area contributed by atoms with E-state index in [0.29, 0.717) is 88.2 Å². The van der Waals surface area contributed by atoms with Crippen LogP contribution >= 0.6 is 47.0 Å². The minimum Gasteiger partial charge on any atom is -0.508 e. The van der Waals surface area contributed by atoms with E-state index in [1.54, 1.807) is 30.3 Å². The average Bonchev–Trinajstić information content (AvgIpc) is 2.01. The molecule has 0 aliphatic carbocycles. The molecule has 10 aliphatic rings. The summed E-state index contributed by atoms with van der Waals surface area (Å²) in [6, 6.07) is 17.7. The molecule has 0 unspecified atom stereocenters. The van der Waals surface area contributed by atoms with Crippen molar-refractivity contribution in [1.82, 2.24) is 36.4 Å². The van der Waals surface area contributed by atoms with Crippen LogP contribution in [0.5, 0.6) is 23.0 Å². The number of hydrogen-bond acceptors (Lipinski definition) is 19. The van der Waals surface area contributed by atoms with E-state index in [0.717, 1.165) is 155 Å². The number of phenolic OH excluding ortho intramolecular Hbond substituents is 2. The largest absolute Gasteiger partial charge is 0.508 e. The Kier molecular flexibility index (Phi) is 17.3. The van der Waals surface area contributed by atoms with Crippen molar-refractivity contribution in [1.29, 1.82) is 0 Å². The second kappa shape index (κ2) is 25.3. The number of aliphatic hydroxyl groups is 2. The van der Waals surface area contributed by atoms with Gasteiger partial charge in [0.25, 0.3) is 0 Å². The molecule has 24 heteroatoms. The molecule has 2 saturated heterocycles. The molecular weight excluding hydrogens is 1130 g/mol. The number of phenols is 2. The number of nitrogens with zero attached hydrogens (tertiary/aromatic N) is 6. The lowest BCUT2D eigenvalue weighted by atomic mass is 9.77. The molecular formula is C59H81N13O7S4+4. The summed E-state index contributed by atoms with van der Waals surface area (Å²) < 4.78 is 17.2. The molecule has 0 bridgehead atoms. The predicted molar refractivity (Wildman–Crippen MR) is 330 cm³/mol. The summed E-state index contributed by atoms with van der Waals surface area (Å²) in [7, 11) is 0. The first kappa shape index (κ1) is 56.7. The van der Waals surface area contributed by atoms with Crippen LogP contribution in [0.4, 0.5) is 0 Å². The van der Waals surface area contributed by atoms with Crippen LogP contribution in [-0.4, -0.2) is 235 Å². The number of thioether (sulfide) groups is 4.